The van der Waals surface area contributed by atoms with Gasteiger partial charge in [0.1, 0.15) is 0 Å². The lowest BCUT2D eigenvalue weighted by atomic mass is 10.1. The number of amides is 2. The predicted octanol–water partition coefficient (Wildman–Crippen LogP) is 1.79. The summed E-state index contributed by atoms with van der Waals surface area (Å²) in [7, 11) is 0. The molecule has 25 heavy (non-hydrogen) atoms. The van der Waals surface area contributed by atoms with E-state index in [-0.39, 0.29) is 17.5 Å². The summed E-state index contributed by atoms with van der Waals surface area (Å²) in [5.41, 5.74) is -0.995. The van der Waals surface area contributed by atoms with Crippen LogP contribution in [0.3, 0.4) is 0 Å². The van der Waals surface area contributed by atoms with Crippen LogP contribution in [0.15, 0.2) is 28.4 Å². The van der Waals surface area contributed by atoms with Gasteiger partial charge < -0.3 is 14.6 Å². The van der Waals surface area contributed by atoms with Crippen molar-refractivity contribution in [3.63, 3.8) is 0 Å². The molecule has 8 nitrogen and oxygen atoms in total. The third-order valence-electron chi connectivity index (χ3n) is 3.54. The molecule has 0 saturated carbocycles. The molecule has 3 rings (SSSR count). The molecule has 0 saturated heterocycles. The van der Waals surface area contributed by atoms with Gasteiger partial charge in [-0.2, -0.15) is 28.4 Å². The number of urea groups is 1. The molecule has 0 radical (unpaired) electrons. The van der Waals surface area contributed by atoms with Crippen molar-refractivity contribution in [3.05, 3.63) is 23.8 Å². The minimum atomic E-state index is -5.06. The molecule has 0 fully saturated rings. The van der Waals surface area contributed by atoms with Gasteiger partial charge in [0.05, 0.1) is 6.21 Å². The number of alkyl halides is 3. The Balaban J connectivity index is 1.69. The molecular weight excluding hydrogens is 345 g/mol. The number of hydrazone groups is 2. The average molecular weight is 358 g/mol. The van der Waals surface area contributed by atoms with E-state index in [4.69, 9.17) is 9.47 Å². The highest BCUT2D eigenvalue weighted by atomic mass is 19.4. The molecule has 2 N–H and O–H groups in total. The highest BCUT2D eigenvalue weighted by molar-refractivity contribution is 5.89. The zero-order chi connectivity index (χ0) is 18.2. The fourth-order valence-electron chi connectivity index (χ4n) is 2.36. The van der Waals surface area contributed by atoms with E-state index < -0.39 is 24.4 Å². The van der Waals surface area contributed by atoms with Crippen molar-refractivity contribution in [1.29, 1.82) is 0 Å². The van der Waals surface area contributed by atoms with Crippen LogP contribution in [0.25, 0.3) is 0 Å². The summed E-state index contributed by atoms with van der Waals surface area (Å²) >= 11 is 0. The Kier molecular flexibility index (Phi) is 4.03. The predicted molar refractivity (Wildman–Crippen MR) is 79.3 cm³/mol. The van der Waals surface area contributed by atoms with Crippen LogP contribution >= 0.6 is 0 Å². The molecule has 2 aliphatic rings. The number of halogens is 3. The third kappa shape index (κ3) is 3.09. The Morgan fingerprint density at radius 2 is 2.16 bits per heavy atom. The molecule has 134 valence electrons. The molecule has 0 spiro atoms. The molecule has 2 heterocycles. The lowest BCUT2D eigenvalue weighted by Gasteiger charge is -2.31. The summed E-state index contributed by atoms with van der Waals surface area (Å²) < 4.78 is 49.4. The van der Waals surface area contributed by atoms with Gasteiger partial charge in [0.2, 0.25) is 6.79 Å². The largest absolute Gasteiger partial charge is 0.454 e. The van der Waals surface area contributed by atoms with E-state index in [2.05, 4.69) is 10.2 Å². The fourth-order valence-corrected chi connectivity index (χ4v) is 2.36. The number of ether oxygens (including phenoxy) is 2. The first-order valence-electron chi connectivity index (χ1n) is 7.07. The van der Waals surface area contributed by atoms with Crippen molar-refractivity contribution in [2.75, 3.05) is 6.79 Å². The van der Waals surface area contributed by atoms with E-state index in [1.54, 1.807) is 18.2 Å². The number of hydrogen-bond acceptors (Lipinski definition) is 6. The van der Waals surface area contributed by atoms with Crippen LogP contribution in [0.4, 0.5) is 18.0 Å². The van der Waals surface area contributed by atoms with Crippen LogP contribution in [0.2, 0.25) is 0 Å². The monoisotopic (exact) mass is 358 g/mol. The van der Waals surface area contributed by atoms with Crippen molar-refractivity contribution in [3.8, 4) is 11.5 Å². The van der Waals surface area contributed by atoms with Crippen LogP contribution in [-0.2, 0) is 0 Å². The highest BCUT2D eigenvalue weighted by Crippen LogP contribution is 2.40. The molecule has 1 aromatic rings. The minimum Gasteiger partial charge on any atom is -0.454 e. The quantitative estimate of drug-likeness (QED) is 0.622. The lowest BCUT2D eigenvalue weighted by Crippen LogP contribution is -2.58. The summed E-state index contributed by atoms with van der Waals surface area (Å²) in [6.07, 6.45) is -4.68. The highest BCUT2D eigenvalue weighted by Gasteiger charge is 2.62. The topological polar surface area (TPSA) is 95.8 Å². The maximum Gasteiger partial charge on any atom is 0.438 e. The number of nitrogens with one attached hydrogen (secondary N) is 1. The van der Waals surface area contributed by atoms with Crippen LogP contribution in [0.5, 0.6) is 11.5 Å². The molecule has 0 aliphatic carbocycles. The number of carbonyl (C=O) groups is 1. The summed E-state index contributed by atoms with van der Waals surface area (Å²) in [6, 6.07) is 3.52. The van der Waals surface area contributed by atoms with Gasteiger partial charge in [-0.1, -0.05) is 0 Å². The van der Waals surface area contributed by atoms with Crippen molar-refractivity contribution >= 4 is 18.0 Å². The second-order valence-corrected chi connectivity index (χ2v) is 5.43. The van der Waals surface area contributed by atoms with Crippen LogP contribution in [0, 0.1) is 0 Å². The molecule has 1 aromatic carbocycles. The average Bonchev–Trinajstić information content (AvgIpc) is 3.10. The zero-order valence-electron chi connectivity index (χ0n) is 12.9. The van der Waals surface area contributed by atoms with Crippen LogP contribution in [-0.4, -0.2) is 46.8 Å². The van der Waals surface area contributed by atoms with Gasteiger partial charge in [-0.3, -0.25) is 0 Å². The molecule has 0 aromatic heterocycles. The van der Waals surface area contributed by atoms with E-state index in [9.17, 15) is 23.1 Å². The van der Waals surface area contributed by atoms with E-state index in [0.29, 0.717) is 17.1 Å². The van der Waals surface area contributed by atoms with Gasteiger partial charge >= 0.3 is 12.2 Å². The molecule has 1 atom stereocenters. The Hall–Kier alpha value is -2.82. The summed E-state index contributed by atoms with van der Waals surface area (Å²) in [6.45, 7) is 1.37. The van der Waals surface area contributed by atoms with Crippen molar-refractivity contribution in [2.45, 2.75) is 25.2 Å². The van der Waals surface area contributed by atoms with Crippen LogP contribution in [0.1, 0.15) is 18.9 Å². The van der Waals surface area contributed by atoms with Crippen molar-refractivity contribution in [2.24, 2.45) is 10.2 Å². The standard InChI is InChI=1S/C14H13F3N4O4/c1-8-5-13(23,14(15,16)17)21(20-8)12(22)19-18-6-9-2-3-10-11(4-9)25-7-24-10/h2-4,6,23H,5,7H2,1H3,(H,19,22)/b18-6+. The maximum atomic E-state index is 13.0. The number of carbonyl (C=O) groups excluding carboxylic acids is 1. The van der Waals surface area contributed by atoms with Crippen molar-refractivity contribution in [1.82, 2.24) is 10.4 Å². The second-order valence-electron chi connectivity index (χ2n) is 5.43. The number of aliphatic hydroxyl groups is 1. The van der Waals surface area contributed by atoms with Crippen molar-refractivity contribution < 1.29 is 32.5 Å². The number of hydrogen-bond donors (Lipinski definition) is 2. The van der Waals surface area contributed by atoms with Gasteiger partial charge in [0.25, 0.3) is 5.72 Å². The maximum absolute atomic E-state index is 13.0. The Labute approximate surface area is 139 Å². The first-order valence-corrected chi connectivity index (χ1v) is 7.07. The molecule has 2 aliphatic heterocycles. The summed E-state index contributed by atoms with van der Waals surface area (Å²) in [5.74, 6) is 1.04. The molecule has 1 unspecified atom stereocenters. The summed E-state index contributed by atoms with van der Waals surface area (Å²) in [5, 5.41) is 16.7. The van der Waals surface area contributed by atoms with Gasteiger partial charge in [-0.25, -0.2) is 10.2 Å². The number of benzene rings is 1. The Morgan fingerprint density at radius 3 is 2.88 bits per heavy atom. The van der Waals surface area contributed by atoms with Gasteiger partial charge in [0.15, 0.2) is 11.5 Å². The van der Waals surface area contributed by atoms with E-state index in [1.807, 2.05) is 5.43 Å². The van der Waals surface area contributed by atoms with Gasteiger partial charge in [-0.15, -0.1) is 0 Å². The zero-order valence-corrected chi connectivity index (χ0v) is 12.9. The van der Waals surface area contributed by atoms with E-state index >= 15 is 0 Å². The van der Waals surface area contributed by atoms with E-state index in [0.717, 1.165) is 0 Å². The molecular formula is C14H13F3N4O4. The normalized spacial score (nSPS) is 22.4. The lowest BCUT2D eigenvalue weighted by molar-refractivity contribution is -0.297. The first kappa shape index (κ1) is 17.0. The second kappa shape index (κ2) is 5.92. The third-order valence-corrected chi connectivity index (χ3v) is 3.54. The van der Waals surface area contributed by atoms with Crippen LogP contribution < -0.4 is 14.9 Å². The fraction of sp³-hybridized carbons (Fsp3) is 0.357. The van der Waals surface area contributed by atoms with E-state index in [1.165, 1.54) is 13.1 Å². The molecule has 0 bridgehead atoms. The molecule has 11 heteroatoms. The smallest absolute Gasteiger partial charge is 0.438 e. The summed E-state index contributed by atoms with van der Waals surface area (Å²) in [4.78, 5) is 11.9. The Bertz CT molecular complexity index is 765. The first-order chi connectivity index (χ1) is 11.7. The number of fused-ring (bicyclic) bond motifs is 1. The van der Waals surface area contributed by atoms with Gasteiger partial charge in [-0.05, 0) is 30.7 Å². The number of nitrogens with zero attached hydrogens (tertiary/aromatic N) is 3. The van der Waals surface area contributed by atoms with Gasteiger partial charge in [0, 0.05) is 12.1 Å². The SMILES string of the molecule is CC1=NN(C(=O)N/N=C/c2ccc3c(c2)OCO3)C(O)(C(F)(F)F)C1. The number of rotatable bonds is 2. The molecule has 2 amide bonds. The Morgan fingerprint density at radius 1 is 1.44 bits per heavy atom. The minimum absolute atomic E-state index is 0.0327.